The highest BCUT2D eigenvalue weighted by molar-refractivity contribution is 5.82. The molecule has 134 valence electrons. The summed E-state index contributed by atoms with van der Waals surface area (Å²) in [6, 6.07) is 1.28. The highest BCUT2D eigenvalue weighted by Gasteiger charge is 2.53. The van der Waals surface area contributed by atoms with Crippen molar-refractivity contribution in [1.82, 2.24) is 9.55 Å². The highest BCUT2D eigenvalue weighted by atomic mass is 16.6. The Balaban J connectivity index is 1.83. The van der Waals surface area contributed by atoms with E-state index >= 15 is 0 Å². The van der Waals surface area contributed by atoms with Gasteiger partial charge in [-0.05, 0) is 33.1 Å². The first kappa shape index (κ1) is 18.4. The summed E-state index contributed by atoms with van der Waals surface area (Å²) in [6.45, 7) is 4.20. The van der Waals surface area contributed by atoms with Gasteiger partial charge in [-0.1, -0.05) is 0 Å². The van der Waals surface area contributed by atoms with Crippen LogP contribution in [0.1, 0.15) is 33.1 Å². The smallest absolute Gasteiger partial charge is 0.338 e. The number of H-pyrrole nitrogens is 1. The molecule has 0 radical (unpaired) electrons. The van der Waals surface area contributed by atoms with E-state index in [0.717, 1.165) is 0 Å². The van der Waals surface area contributed by atoms with Gasteiger partial charge in [0.05, 0.1) is 12.2 Å². The lowest BCUT2D eigenvalue weighted by Gasteiger charge is -2.20. The van der Waals surface area contributed by atoms with E-state index < -0.39 is 16.9 Å². The zero-order valence-corrected chi connectivity index (χ0v) is 14.2. The number of rotatable bonds is 9. The van der Waals surface area contributed by atoms with E-state index in [2.05, 4.69) is 4.98 Å². The number of nitrogens with one attached hydrogen (secondary N) is 1. The van der Waals surface area contributed by atoms with Crippen LogP contribution < -0.4 is 11.2 Å². The van der Waals surface area contributed by atoms with Crippen molar-refractivity contribution in [3.8, 4) is 0 Å². The second kappa shape index (κ2) is 7.76. The van der Waals surface area contributed by atoms with Gasteiger partial charge < -0.3 is 18.8 Å². The van der Waals surface area contributed by atoms with Crippen molar-refractivity contribution < 1.29 is 19.0 Å². The molecular weight excluding hydrogens is 316 g/mol. The summed E-state index contributed by atoms with van der Waals surface area (Å²) in [4.78, 5) is 37.0. The summed E-state index contributed by atoms with van der Waals surface area (Å²) < 4.78 is 17.6. The first-order valence-corrected chi connectivity index (χ1v) is 8.04. The molecule has 1 atom stereocenters. The van der Waals surface area contributed by atoms with E-state index in [0.29, 0.717) is 25.8 Å². The van der Waals surface area contributed by atoms with Crippen LogP contribution in [0.25, 0.3) is 0 Å². The normalized spacial score (nSPS) is 16.8. The molecule has 8 heteroatoms. The van der Waals surface area contributed by atoms with Gasteiger partial charge in [-0.2, -0.15) is 0 Å². The van der Waals surface area contributed by atoms with Crippen molar-refractivity contribution in [1.29, 1.82) is 0 Å². The van der Waals surface area contributed by atoms with Gasteiger partial charge in [0.25, 0.3) is 5.56 Å². The number of hydrogen-bond acceptors (Lipinski definition) is 6. The molecule has 1 aromatic rings. The van der Waals surface area contributed by atoms with Crippen molar-refractivity contribution in [2.75, 3.05) is 13.7 Å². The van der Waals surface area contributed by atoms with Crippen molar-refractivity contribution in [2.45, 2.75) is 57.5 Å². The molecule has 1 unspecified atom stereocenters. The second-order valence-electron chi connectivity index (χ2n) is 6.21. The van der Waals surface area contributed by atoms with Crippen molar-refractivity contribution in [3.63, 3.8) is 0 Å². The molecule has 0 bridgehead atoms. The fourth-order valence-corrected chi connectivity index (χ4v) is 2.41. The molecule has 2 rings (SSSR count). The number of hydrogen-bond donors (Lipinski definition) is 1. The third-order valence-corrected chi connectivity index (χ3v) is 3.86. The molecule has 1 heterocycles. The van der Waals surface area contributed by atoms with E-state index in [1.54, 1.807) is 0 Å². The van der Waals surface area contributed by atoms with Gasteiger partial charge in [0, 0.05) is 25.9 Å². The average molecular weight is 340 g/mol. The fraction of sp³-hybridized carbons (Fsp3) is 0.688. The lowest BCUT2D eigenvalue weighted by Crippen LogP contribution is -2.34. The molecule has 1 saturated carbocycles. The van der Waals surface area contributed by atoms with Crippen molar-refractivity contribution in [2.24, 2.45) is 0 Å². The number of carbonyl (C=O) groups excluding carboxylic acids is 1. The van der Waals surface area contributed by atoms with Gasteiger partial charge in [0.15, 0.2) is 5.60 Å². The lowest BCUT2D eigenvalue weighted by atomic mass is 10.2. The van der Waals surface area contributed by atoms with Crippen molar-refractivity contribution in [3.05, 3.63) is 33.1 Å². The molecular formula is C16H24N2O6. The second-order valence-corrected chi connectivity index (χ2v) is 6.21. The third kappa shape index (κ3) is 4.78. The van der Waals surface area contributed by atoms with E-state index in [1.165, 1.54) is 23.9 Å². The maximum atomic E-state index is 12.2. The number of carbonyl (C=O) groups is 1. The quantitative estimate of drug-likeness (QED) is 0.655. The van der Waals surface area contributed by atoms with Crippen LogP contribution in [0.2, 0.25) is 0 Å². The topological polar surface area (TPSA) is 99.6 Å². The highest BCUT2D eigenvalue weighted by Crippen LogP contribution is 2.41. The number of esters is 1. The SMILES string of the molecule is COC(CCn1ccc(=O)[nH]c1=O)COC(=O)C1(OC(C)C)CC1. The van der Waals surface area contributed by atoms with Crippen LogP contribution >= 0.6 is 0 Å². The number of ether oxygens (including phenoxy) is 3. The summed E-state index contributed by atoms with van der Waals surface area (Å²) >= 11 is 0. The Bertz CT molecular complexity index is 674. The van der Waals surface area contributed by atoms with Crippen molar-refractivity contribution >= 4 is 5.97 Å². The Labute approximate surface area is 139 Å². The summed E-state index contributed by atoms with van der Waals surface area (Å²) in [6.07, 6.45) is 2.86. The van der Waals surface area contributed by atoms with Crippen LogP contribution in [0.5, 0.6) is 0 Å². The van der Waals surface area contributed by atoms with Crippen LogP contribution in [-0.4, -0.2) is 47.0 Å². The minimum absolute atomic E-state index is 0.0367. The van der Waals surface area contributed by atoms with Crippen LogP contribution in [0.15, 0.2) is 21.9 Å². The Kier molecular flexibility index (Phi) is 5.95. The standard InChI is InChI=1S/C16H24N2O6/c1-11(2)24-16(6-7-16)14(20)23-10-12(22-3)4-8-18-9-5-13(19)17-15(18)21/h5,9,11-12H,4,6-8,10H2,1-3H3,(H,17,19,21). The summed E-state index contributed by atoms with van der Waals surface area (Å²) in [5.74, 6) is -0.362. The number of aryl methyl sites for hydroxylation is 1. The Morgan fingerprint density at radius 1 is 1.38 bits per heavy atom. The molecule has 0 aromatic carbocycles. The number of methoxy groups -OCH3 is 1. The fourth-order valence-electron chi connectivity index (χ4n) is 2.41. The van der Waals surface area contributed by atoms with E-state index in [1.807, 2.05) is 13.8 Å². The van der Waals surface area contributed by atoms with E-state index in [-0.39, 0.29) is 24.8 Å². The molecule has 1 N–H and O–H groups in total. The summed E-state index contributed by atoms with van der Waals surface area (Å²) in [5.41, 5.74) is -1.70. The largest absolute Gasteiger partial charge is 0.461 e. The maximum Gasteiger partial charge on any atom is 0.338 e. The average Bonchev–Trinajstić information content (AvgIpc) is 3.28. The summed E-state index contributed by atoms with van der Waals surface area (Å²) in [7, 11) is 1.52. The maximum absolute atomic E-state index is 12.2. The van der Waals surface area contributed by atoms with E-state index in [4.69, 9.17) is 14.2 Å². The van der Waals surface area contributed by atoms with Gasteiger partial charge in [-0.15, -0.1) is 0 Å². The molecule has 24 heavy (non-hydrogen) atoms. The summed E-state index contributed by atoms with van der Waals surface area (Å²) in [5, 5.41) is 0. The molecule has 1 aromatic heterocycles. The Morgan fingerprint density at radius 3 is 2.62 bits per heavy atom. The van der Waals surface area contributed by atoms with Gasteiger partial charge in [0.2, 0.25) is 0 Å². The first-order valence-electron chi connectivity index (χ1n) is 8.04. The minimum atomic E-state index is -0.789. The molecule has 1 fully saturated rings. The zero-order valence-electron chi connectivity index (χ0n) is 14.2. The lowest BCUT2D eigenvalue weighted by molar-refractivity contribution is -0.167. The molecule has 1 aliphatic carbocycles. The van der Waals surface area contributed by atoms with E-state index in [9.17, 15) is 14.4 Å². The Morgan fingerprint density at radius 2 is 2.08 bits per heavy atom. The van der Waals surface area contributed by atoms with Gasteiger partial charge in [-0.3, -0.25) is 9.78 Å². The molecule has 0 spiro atoms. The molecule has 1 aliphatic rings. The van der Waals surface area contributed by atoms with Crippen LogP contribution in [0.4, 0.5) is 0 Å². The monoisotopic (exact) mass is 340 g/mol. The predicted octanol–water partition coefficient (Wildman–Crippen LogP) is 0.443. The third-order valence-electron chi connectivity index (χ3n) is 3.86. The number of aromatic nitrogens is 2. The van der Waals surface area contributed by atoms with Crippen LogP contribution in [0.3, 0.4) is 0 Å². The Hall–Kier alpha value is -1.93. The molecule has 8 nitrogen and oxygen atoms in total. The number of nitrogens with zero attached hydrogens (tertiary/aromatic N) is 1. The van der Waals surface area contributed by atoms with Gasteiger partial charge >= 0.3 is 11.7 Å². The predicted molar refractivity (Wildman–Crippen MR) is 85.9 cm³/mol. The number of aromatic amines is 1. The minimum Gasteiger partial charge on any atom is -0.461 e. The zero-order chi connectivity index (χ0) is 17.7. The molecule has 0 amide bonds. The first-order chi connectivity index (χ1) is 11.4. The molecule has 0 saturated heterocycles. The molecule has 0 aliphatic heterocycles. The van der Waals surface area contributed by atoms with Crippen LogP contribution in [0, 0.1) is 0 Å². The van der Waals surface area contributed by atoms with Crippen LogP contribution in [-0.2, 0) is 25.5 Å². The van der Waals surface area contributed by atoms with Gasteiger partial charge in [0.1, 0.15) is 6.61 Å². The van der Waals surface area contributed by atoms with Gasteiger partial charge in [-0.25, -0.2) is 9.59 Å².